The van der Waals surface area contributed by atoms with Crippen LogP contribution in [0.15, 0.2) is 105 Å². The third kappa shape index (κ3) is 6.36. The molecule has 0 aliphatic carbocycles. The molecular weight excluding hydrogens is 668 g/mol. The summed E-state index contributed by atoms with van der Waals surface area (Å²) in [4.78, 5) is 31.8. The topological polar surface area (TPSA) is 88.4 Å². The molecule has 5 aromatic rings. The average Bonchev–Trinajstić information content (AvgIpc) is 3.39. The smallest absolute Gasteiger partial charge is 0.337 e. The normalized spacial score (nSPS) is 14.3. The molecule has 8 nitrogen and oxygen atoms in total. The Bertz CT molecular complexity index is 2150. The second kappa shape index (κ2) is 13.8. The van der Waals surface area contributed by atoms with Gasteiger partial charge in [-0.25, -0.2) is 9.79 Å². The van der Waals surface area contributed by atoms with Crippen LogP contribution < -0.4 is 29.1 Å². The fourth-order valence-electron chi connectivity index (χ4n) is 5.35. The molecule has 2 heterocycles. The van der Waals surface area contributed by atoms with Gasteiger partial charge in [-0.05, 0) is 93.6 Å². The van der Waals surface area contributed by atoms with E-state index in [-0.39, 0.29) is 11.1 Å². The van der Waals surface area contributed by atoms with E-state index < -0.39 is 12.0 Å². The second-order valence-corrected chi connectivity index (χ2v) is 12.3. The van der Waals surface area contributed by atoms with Crippen molar-refractivity contribution in [2.75, 3.05) is 20.3 Å². The zero-order valence-corrected chi connectivity index (χ0v) is 27.9. The van der Waals surface area contributed by atoms with E-state index in [0.717, 1.165) is 21.0 Å². The fourth-order valence-corrected chi connectivity index (χ4v) is 6.83. The monoisotopic (exact) mass is 698 g/mol. The minimum atomic E-state index is -0.765. The van der Waals surface area contributed by atoms with Gasteiger partial charge in [0.2, 0.25) is 0 Å². The van der Waals surface area contributed by atoms with Crippen LogP contribution in [0.3, 0.4) is 0 Å². The molecule has 0 saturated carbocycles. The van der Waals surface area contributed by atoms with Crippen molar-refractivity contribution in [3.8, 4) is 17.2 Å². The maximum absolute atomic E-state index is 14.0. The summed E-state index contributed by atoms with van der Waals surface area (Å²) in [6, 6.07) is 24.8. The van der Waals surface area contributed by atoms with Gasteiger partial charge in [-0.3, -0.25) is 9.36 Å². The van der Waals surface area contributed by atoms with Crippen molar-refractivity contribution < 1.29 is 23.7 Å². The number of hydrogen-bond acceptors (Lipinski definition) is 8. The molecule has 0 bridgehead atoms. The van der Waals surface area contributed by atoms with Crippen molar-refractivity contribution in [2.45, 2.75) is 26.5 Å². The van der Waals surface area contributed by atoms with Crippen LogP contribution in [-0.2, 0) is 16.1 Å². The van der Waals surface area contributed by atoms with Gasteiger partial charge < -0.3 is 18.9 Å². The van der Waals surface area contributed by atoms with Crippen molar-refractivity contribution >= 4 is 50.1 Å². The summed E-state index contributed by atoms with van der Waals surface area (Å²) in [5.41, 5.74) is 2.50. The molecular formula is C36H31BrN2O6S. The van der Waals surface area contributed by atoms with E-state index >= 15 is 0 Å². The Hall–Kier alpha value is -4.67. The van der Waals surface area contributed by atoms with Gasteiger partial charge in [0.1, 0.15) is 12.4 Å². The number of ether oxygens (including phenoxy) is 4. The number of benzene rings is 4. The Morgan fingerprint density at radius 3 is 2.43 bits per heavy atom. The number of methoxy groups -OCH3 is 1. The molecule has 4 aromatic carbocycles. The van der Waals surface area contributed by atoms with Gasteiger partial charge in [-0.15, -0.1) is 0 Å². The first-order valence-corrected chi connectivity index (χ1v) is 16.4. The first-order chi connectivity index (χ1) is 22.4. The summed E-state index contributed by atoms with van der Waals surface area (Å²) >= 11 is 4.88. The summed E-state index contributed by atoms with van der Waals surface area (Å²) in [5.74, 6) is 1.23. The standard InChI is InChI=1S/C36H31BrN2O6S/c1-4-43-30-15-13-26(19-31(30)44-5-2)33-27(35(41)42-3)20-38-36-39(33)34(40)32(46-36)18-22-11-14-29(28(37)17-22)45-21-23-10-12-24-8-6-7-9-25(24)16-23/h6-20,33H,4-5,21H2,1-3H3/b32-18-/t33-/m0/s1. The number of halogens is 1. The number of nitrogens with zero attached hydrogens (tertiary/aromatic N) is 2. The molecule has 0 unspecified atom stereocenters. The van der Waals surface area contributed by atoms with Crippen LogP contribution in [0.2, 0.25) is 0 Å². The van der Waals surface area contributed by atoms with Gasteiger partial charge in [0, 0.05) is 6.20 Å². The lowest BCUT2D eigenvalue weighted by molar-refractivity contribution is -0.136. The number of hydrogen-bond donors (Lipinski definition) is 0. The fraction of sp³-hybridized carbons (Fsp3) is 0.194. The Labute approximate surface area is 278 Å². The summed E-state index contributed by atoms with van der Waals surface area (Å²) < 4.78 is 25.5. The van der Waals surface area contributed by atoms with Gasteiger partial charge in [0.05, 0.1) is 40.9 Å². The maximum Gasteiger partial charge on any atom is 0.337 e. The van der Waals surface area contributed by atoms with E-state index in [1.807, 2.05) is 56.3 Å². The number of carbonyl (C=O) groups excluding carboxylic acids is 1. The highest BCUT2D eigenvalue weighted by Gasteiger charge is 2.31. The quantitative estimate of drug-likeness (QED) is 0.159. The molecule has 1 aliphatic heterocycles. The summed E-state index contributed by atoms with van der Waals surface area (Å²) in [6.45, 7) is 5.09. The lowest BCUT2D eigenvalue weighted by Gasteiger charge is -2.23. The number of fused-ring (bicyclic) bond motifs is 2. The van der Waals surface area contributed by atoms with Crippen molar-refractivity contribution in [1.82, 2.24) is 4.57 Å². The van der Waals surface area contributed by atoms with E-state index in [9.17, 15) is 9.59 Å². The minimum absolute atomic E-state index is 0.240. The Morgan fingerprint density at radius 2 is 1.67 bits per heavy atom. The maximum atomic E-state index is 14.0. The van der Waals surface area contributed by atoms with Crippen LogP contribution in [0.25, 0.3) is 16.8 Å². The third-order valence-corrected chi connectivity index (χ3v) is 9.09. The van der Waals surface area contributed by atoms with E-state index in [4.69, 9.17) is 18.9 Å². The second-order valence-electron chi connectivity index (χ2n) is 10.4. The molecule has 0 fully saturated rings. The van der Waals surface area contributed by atoms with Gasteiger partial charge in [0.25, 0.3) is 5.56 Å². The van der Waals surface area contributed by atoms with E-state index in [0.29, 0.717) is 52.0 Å². The molecule has 10 heteroatoms. The van der Waals surface area contributed by atoms with E-state index in [1.54, 1.807) is 12.1 Å². The molecule has 234 valence electrons. The molecule has 0 radical (unpaired) electrons. The van der Waals surface area contributed by atoms with E-state index in [1.165, 1.54) is 34.6 Å². The predicted octanol–water partition coefficient (Wildman–Crippen LogP) is 6.31. The molecule has 0 N–H and O–H groups in total. The molecule has 0 spiro atoms. The van der Waals surface area contributed by atoms with Gasteiger partial charge >= 0.3 is 5.97 Å². The van der Waals surface area contributed by atoms with Gasteiger partial charge in [0.15, 0.2) is 16.3 Å². The molecule has 1 aromatic heterocycles. The molecule has 6 rings (SSSR count). The first-order valence-electron chi connectivity index (χ1n) is 14.8. The van der Waals surface area contributed by atoms with Crippen molar-refractivity contribution in [1.29, 1.82) is 0 Å². The Kier molecular flexibility index (Phi) is 9.37. The zero-order valence-electron chi connectivity index (χ0n) is 25.5. The number of aromatic nitrogens is 1. The van der Waals surface area contributed by atoms with Crippen LogP contribution in [0.1, 0.15) is 36.6 Å². The van der Waals surface area contributed by atoms with Crippen LogP contribution >= 0.6 is 27.3 Å². The first kappa shape index (κ1) is 31.3. The molecule has 46 heavy (non-hydrogen) atoms. The lowest BCUT2D eigenvalue weighted by atomic mass is 9.97. The molecule has 0 amide bonds. The molecule has 0 saturated heterocycles. The minimum Gasteiger partial charge on any atom is -0.490 e. The Balaban J connectivity index is 1.32. The number of thiazole rings is 1. The molecule has 1 aliphatic rings. The Morgan fingerprint density at radius 1 is 0.913 bits per heavy atom. The van der Waals surface area contributed by atoms with Gasteiger partial charge in [-0.2, -0.15) is 0 Å². The number of esters is 1. The summed E-state index contributed by atoms with van der Waals surface area (Å²) in [5, 5.41) is 2.35. The lowest BCUT2D eigenvalue weighted by Crippen LogP contribution is -2.39. The summed E-state index contributed by atoms with van der Waals surface area (Å²) in [7, 11) is 1.31. The average molecular weight is 700 g/mol. The zero-order chi connectivity index (χ0) is 32.2. The highest BCUT2D eigenvalue weighted by atomic mass is 79.9. The van der Waals surface area contributed by atoms with Crippen LogP contribution in [-0.4, -0.2) is 30.9 Å². The summed E-state index contributed by atoms with van der Waals surface area (Å²) in [6.07, 6.45) is 3.28. The van der Waals surface area contributed by atoms with Gasteiger partial charge in [-0.1, -0.05) is 59.9 Å². The van der Waals surface area contributed by atoms with Crippen LogP contribution in [0.4, 0.5) is 0 Å². The van der Waals surface area contributed by atoms with Crippen LogP contribution in [0, 0.1) is 0 Å². The SMILES string of the molecule is CCOc1ccc([C@H]2C(C(=O)OC)=CN=c3s/c(=C\c4ccc(OCc5ccc6ccccc6c5)c(Br)c4)c(=O)n32)cc1OCC. The highest BCUT2D eigenvalue weighted by molar-refractivity contribution is 9.10. The van der Waals surface area contributed by atoms with Crippen molar-refractivity contribution in [3.05, 3.63) is 131 Å². The predicted molar refractivity (Wildman–Crippen MR) is 182 cm³/mol. The van der Waals surface area contributed by atoms with Crippen molar-refractivity contribution in [3.63, 3.8) is 0 Å². The van der Waals surface area contributed by atoms with Crippen molar-refractivity contribution in [2.24, 2.45) is 4.99 Å². The number of carbonyl (C=O) groups is 1. The number of rotatable bonds is 10. The van der Waals surface area contributed by atoms with Crippen LogP contribution in [0.5, 0.6) is 17.2 Å². The largest absolute Gasteiger partial charge is 0.490 e. The van der Waals surface area contributed by atoms with E-state index in [2.05, 4.69) is 51.3 Å². The highest BCUT2D eigenvalue weighted by Crippen LogP contribution is 2.35. The molecule has 1 atom stereocenters. The third-order valence-electron chi connectivity index (χ3n) is 7.47.